The summed E-state index contributed by atoms with van der Waals surface area (Å²) in [7, 11) is -3.83. The van der Waals surface area contributed by atoms with Gasteiger partial charge in [-0.3, -0.25) is 4.79 Å². The summed E-state index contributed by atoms with van der Waals surface area (Å²) >= 11 is 0. The fraction of sp³-hybridized carbons (Fsp3) is 0.500. The number of benzene rings is 2. The highest BCUT2D eigenvalue weighted by Crippen LogP contribution is 2.42. The second-order valence-corrected chi connectivity index (χ2v) is 11.6. The summed E-state index contributed by atoms with van der Waals surface area (Å²) in [5.74, 6) is -0.384. The molecule has 1 N–H and O–H groups in total. The van der Waals surface area contributed by atoms with E-state index in [1.165, 1.54) is 0 Å². The zero-order chi connectivity index (χ0) is 23.6. The van der Waals surface area contributed by atoms with Gasteiger partial charge in [-0.15, -0.1) is 0 Å². The van der Waals surface area contributed by atoms with Crippen LogP contribution in [0.3, 0.4) is 0 Å². The van der Waals surface area contributed by atoms with Crippen molar-refractivity contribution in [2.75, 3.05) is 31.2 Å². The van der Waals surface area contributed by atoms with Gasteiger partial charge < -0.3 is 15.0 Å². The number of carbonyl (C=O) groups excluding carboxylic acids is 1. The molecule has 1 saturated carbocycles. The number of amides is 1. The number of ether oxygens (including phenoxy) is 1. The molecule has 6 nitrogen and oxygen atoms in total. The molecule has 0 radical (unpaired) electrons. The van der Waals surface area contributed by atoms with Crippen LogP contribution < -0.4 is 10.2 Å². The van der Waals surface area contributed by atoms with Gasteiger partial charge in [-0.1, -0.05) is 37.1 Å². The van der Waals surface area contributed by atoms with Gasteiger partial charge in [0.15, 0.2) is 14.6 Å². The van der Waals surface area contributed by atoms with Crippen molar-refractivity contribution in [2.24, 2.45) is 0 Å². The van der Waals surface area contributed by atoms with Crippen molar-refractivity contribution in [3.8, 4) is 0 Å². The first-order chi connectivity index (χ1) is 15.7. The summed E-state index contributed by atoms with van der Waals surface area (Å²) in [6.45, 7) is 8.77. The maximum absolute atomic E-state index is 13.8. The molecule has 2 aromatic rings. The van der Waals surface area contributed by atoms with E-state index in [2.05, 4.69) is 22.3 Å². The molecule has 33 heavy (non-hydrogen) atoms. The Bertz CT molecular complexity index is 1100. The third-order valence-corrected chi connectivity index (χ3v) is 9.73. The van der Waals surface area contributed by atoms with Crippen molar-refractivity contribution in [3.63, 3.8) is 0 Å². The molecular weight excluding hydrogens is 436 g/mol. The third-order valence-electron chi connectivity index (χ3n) is 7.09. The molecule has 1 saturated heterocycles. The van der Waals surface area contributed by atoms with Crippen LogP contribution in [-0.2, 0) is 19.4 Å². The molecule has 0 spiro atoms. The first-order valence-corrected chi connectivity index (χ1v) is 13.3. The van der Waals surface area contributed by atoms with E-state index in [0.717, 1.165) is 56.0 Å². The number of aryl methyl sites for hydroxylation is 2. The number of sulfone groups is 1. The fourth-order valence-electron chi connectivity index (χ4n) is 4.98. The van der Waals surface area contributed by atoms with Crippen LogP contribution in [-0.4, -0.2) is 45.4 Å². The second-order valence-electron chi connectivity index (χ2n) is 9.36. The van der Waals surface area contributed by atoms with Crippen LogP contribution in [0.15, 0.2) is 47.4 Å². The number of hydrogen-bond acceptors (Lipinski definition) is 5. The maximum Gasteiger partial charge on any atom is 0.242 e. The Labute approximate surface area is 197 Å². The molecule has 1 atom stereocenters. The van der Waals surface area contributed by atoms with Gasteiger partial charge in [-0.2, -0.15) is 0 Å². The number of nitrogens with zero attached hydrogens (tertiary/aromatic N) is 1. The predicted molar refractivity (Wildman–Crippen MR) is 130 cm³/mol. The number of morpholine rings is 1. The van der Waals surface area contributed by atoms with Gasteiger partial charge in [0.2, 0.25) is 5.91 Å². The van der Waals surface area contributed by atoms with Gasteiger partial charge in [0.05, 0.1) is 24.2 Å². The average molecular weight is 471 g/mol. The topological polar surface area (TPSA) is 75.7 Å². The molecule has 7 heteroatoms. The van der Waals surface area contributed by atoms with Crippen LogP contribution in [0, 0.1) is 13.8 Å². The monoisotopic (exact) mass is 470 g/mol. The van der Waals surface area contributed by atoms with E-state index < -0.39 is 14.6 Å². The number of carbonyl (C=O) groups is 1. The van der Waals surface area contributed by atoms with Gasteiger partial charge in [-0.25, -0.2) is 8.42 Å². The molecule has 1 amide bonds. The Balaban J connectivity index is 1.55. The van der Waals surface area contributed by atoms with Crippen molar-refractivity contribution in [1.29, 1.82) is 0 Å². The minimum Gasteiger partial charge on any atom is -0.378 e. The van der Waals surface area contributed by atoms with E-state index >= 15 is 0 Å². The van der Waals surface area contributed by atoms with E-state index in [1.807, 2.05) is 38.1 Å². The standard InChI is InChI=1S/C26H34N2O4S/c1-19-6-7-20(2)24(18-19)33(30,31)26(12-4-5-13-26)25(29)27-21(3)22-8-10-23(11-9-22)28-14-16-32-17-15-28/h6-11,18,21H,4-5,12-17H2,1-3H3,(H,27,29). The summed E-state index contributed by atoms with van der Waals surface area (Å²) in [6.07, 6.45) is 2.19. The number of anilines is 1. The van der Waals surface area contributed by atoms with Crippen molar-refractivity contribution in [3.05, 3.63) is 59.2 Å². The smallest absolute Gasteiger partial charge is 0.242 e. The molecule has 2 aromatic carbocycles. The quantitative estimate of drug-likeness (QED) is 0.688. The van der Waals surface area contributed by atoms with Crippen LogP contribution >= 0.6 is 0 Å². The molecule has 0 aromatic heterocycles. The highest BCUT2D eigenvalue weighted by molar-refractivity contribution is 7.93. The lowest BCUT2D eigenvalue weighted by atomic mass is 10.0. The van der Waals surface area contributed by atoms with E-state index in [4.69, 9.17) is 4.74 Å². The highest BCUT2D eigenvalue weighted by atomic mass is 32.2. The lowest BCUT2D eigenvalue weighted by Crippen LogP contribution is -2.51. The summed E-state index contributed by atoms with van der Waals surface area (Å²) in [5, 5.41) is 3.04. The molecule has 1 aliphatic heterocycles. The van der Waals surface area contributed by atoms with Gasteiger partial charge >= 0.3 is 0 Å². The van der Waals surface area contributed by atoms with Crippen molar-refractivity contribution < 1.29 is 17.9 Å². The second kappa shape index (κ2) is 9.47. The first kappa shape index (κ1) is 23.8. The van der Waals surface area contributed by atoms with Crippen molar-refractivity contribution >= 4 is 21.4 Å². The van der Waals surface area contributed by atoms with Crippen LogP contribution in [0.5, 0.6) is 0 Å². The van der Waals surface area contributed by atoms with E-state index in [9.17, 15) is 13.2 Å². The first-order valence-electron chi connectivity index (χ1n) is 11.8. The highest BCUT2D eigenvalue weighted by Gasteiger charge is 2.53. The Hall–Kier alpha value is -2.38. The molecule has 2 aliphatic rings. The molecule has 178 valence electrons. The summed E-state index contributed by atoms with van der Waals surface area (Å²) in [5.41, 5.74) is 3.65. The van der Waals surface area contributed by atoms with E-state index in [0.29, 0.717) is 18.4 Å². The summed E-state index contributed by atoms with van der Waals surface area (Å²) < 4.78 is 31.7. The molecular formula is C26H34N2O4S. The summed E-state index contributed by atoms with van der Waals surface area (Å²) in [6, 6.07) is 13.3. The molecule has 1 heterocycles. The number of hydrogen-bond donors (Lipinski definition) is 1. The normalized spacial score (nSPS) is 19.3. The lowest BCUT2D eigenvalue weighted by molar-refractivity contribution is -0.124. The van der Waals surface area contributed by atoms with Gasteiger partial charge in [0.25, 0.3) is 0 Å². The largest absolute Gasteiger partial charge is 0.378 e. The minimum atomic E-state index is -3.83. The van der Waals surface area contributed by atoms with Crippen LogP contribution in [0.2, 0.25) is 0 Å². The molecule has 0 bridgehead atoms. The Morgan fingerprint density at radius 1 is 1.03 bits per heavy atom. The van der Waals surface area contributed by atoms with Crippen LogP contribution in [0.1, 0.15) is 55.3 Å². The molecule has 2 fully saturated rings. The third kappa shape index (κ3) is 4.53. The zero-order valence-corrected chi connectivity index (χ0v) is 20.6. The number of nitrogens with one attached hydrogen (secondary N) is 1. The van der Waals surface area contributed by atoms with E-state index in [-0.39, 0.29) is 16.8 Å². The average Bonchev–Trinajstić information content (AvgIpc) is 3.33. The van der Waals surface area contributed by atoms with Crippen molar-refractivity contribution in [1.82, 2.24) is 5.32 Å². The minimum absolute atomic E-state index is 0.280. The van der Waals surface area contributed by atoms with Crippen LogP contribution in [0.25, 0.3) is 0 Å². The molecule has 1 aliphatic carbocycles. The van der Waals surface area contributed by atoms with Crippen LogP contribution in [0.4, 0.5) is 5.69 Å². The zero-order valence-electron chi connectivity index (χ0n) is 19.8. The van der Waals surface area contributed by atoms with Crippen molar-refractivity contribution in [2.45, 2.75) is 62.1 Å². The Morgan fingerprint density at radius 2 is 1.67 bits per heavy atom. The predicted octanol–water partition coefficient (Wildman–Crippen LogP) is 4.10. The number of rotatable bonds is 6. The van der Waals surface area contributed by atoms with Gasteiger partial charge in [-0.05, 0) is 68.5 Å². The molecule has 4 rings (SSSR count). The van der Waals surface area contributed by atoms with Gasteiger partial charge in [0, 0.05) is 18.8 Å². The molecule has 1 unspecified atom stereocenters. The van der Waals surface area contributed by atoms with E-state index in [1.54, 1.807) is 13.0 Å². The van der Waals surface area contributed by atoms with Gasteiger partial charge in [0.1, 0.15) is 0 Å². The SMILES string of the molecule is Cc1ccc(C)c(S(=O)(=O)C2(C(=O)NC(C)c3ccc(N4CCOCC4)cc3)CCCC2)c1. The fourth-order valence-corrected chi connectivity index (χ4v) is 7.36. The lowest BCUT2D eigenvalue weighted by Gasteiger charge is -2.31. The summed E-state index contributed by atoms with van der Waals surface area (Å²) in [4.78, 5) is 16.1. The Kier molecular flexibility index (Phi) is 6.82. The maximum atomic E-state index is 13.8. The Morgan fingerprint density at radius 3 is 2.30 bits per heavy atom.